The third kappa shape index (κ3) is 11.1. The molecule has 0 radical (unpaired) electrons. The van der Waals surface area contributed by atoms with Crippen LogP contribution in [-0.4, -0.2) is 10.2 Å². The first-order valence-electron chi connectivity index (χ1n) is 5.09. The van der Waals surface area contributed by atoms with Gasteiger partial charge in [-0.3, -0.25) is 0 Å². The van der Waals surface area contributed by atoms with Crippen LogP contribution in [0.15, 0.2) is 48.5 Å². The van der Waals surface area contributed by atoms with Crippen molar-refractivity contribution in [1.82, 2.24) is 0 Å². The Bertz CT molecular complexity index is 345. The van der Waals surface area contributed by atoms with E-state index in [-0.39, 0.29) is 51.0 Å². The van der Waals surface area contributed by atoms with E-state index in [4.69, 9.17) is 10.2 Å². The number of hydrogen-bond acceptors (Lipinski definition) is 2. The largest absolute Gasteiger partial charge is 2.00 e. The summed E-state index contributed by atoms with van der Waals surface area (Å²) in [4.78, 5) is 0. The van der Waals surface area contributed by atoms with Crippen LogP contribution in [0, 0.1) is 13.8 Å². The van der Waals surface area contributed by atoms with Crippen LogP contribution in [0.4, 0.5) is 0 Å². The van der Waals surface area contributed by atoms with Gasteiger partial charge in [-0.2, -0.15) is 0 Å². The molecule has 0 aromatic heterocycles. The Morgan fingerprint density at radius 1 is 0.579 bits per heavy atom. The van der Waals surface area contributed by atoms with Crippen LogP contribution in [0.2, 0.25) is 0 Å². The zero-order valence-electron chi connectivity index (χ0n) is 10.8. The second kappa shape index (κ2) is 12.5. The smallest absolute Gasteiger partial charge is 1.00 e. The fourth-order valence-corrected chi connectivity index (χ4v) is 1.09. The minimum atomic E-state index is 0. The molecular weight excluding hydrogens is 362 g/mol. The summed E-state index contributed by atoms with van der Waals surface area (Å²) in [5.74, 6) is 0.659. The summed E-state index contributed by atoms with van der Waals surface area (Å²) in [6.45, 7) is 3.97. The standard InChI is InChI=1S/2C7H8O.2ClH.Zr/c2*1-6-2-4-7(8)5-3-6;;;/h2*2-5,8H,1H3;2*1H;/q;;;;+2/p-2. The minimum absolute atomic E-state index is 0. The second-order valence-corrected chi connectivity index (χ2v) is 3.67. The quantitative estimate of drug-likeness (QED) is 0.528. The van der Waals surface area contributed by atoms with Gasteiger partial charge in [0, 0.05) is 0 Å². The molecule has 0 amide bonds. The molecule has 19 heavy (non-hydrogen) atoms. The molecule has 0 spiro atoms. The van der Waals surface area contributed by atoms with Crippen LogP contribution in [-0.2, 0) is 26.2 Å². The van der Waals surface area contributed by atoms with Gasteiger partial charge in [0.05, 0.1) is 0 Å². The zero-order chi connectivity index (χ0) is 12.0. The number of aromatic hydroxyl groups is 2. The van der Waals surface area contributed by atoms with Gasteiger partial charge in [0.25, 0.3) is 0 Å². The van der Waals surface area contributed by atoms with Gasteiger partial charge in [-0.15, -0.1) is 0 Å². The molecule has 0 heterocycles. The summed E-state index contributed by atoms with van der Waals surface area (Å²) in [7, 11) is 0. The Kier molecular flexibility index (Phi) is 15.6. The molecule has 0 atom stereocenters. The van der Waals surface area contributed by atoms with E-state index >= 15 is 0 Å². The van der Waals surface area contributed by atoms with E-state index in [1.54, 1.807) is 24.3 Å². The summed E-state index contributed by atoms with van der Waals surface area (Å²) in [6.07, 6.45) is 0. The molecule has 2 aromatic rings. The van der Waals surface area contributed by atoms with Gasteiger partial charge < -0.3 is 35.0 Å². The molecule has 0 aliphatic heterocycles. The van der Waals surface area contributed by atoms with Crippen molar-refractivity contribution in [3.8, 4) is 11.5 Å². The first-order valence-corrected chi connectivity index (χ1v) is 5.09. The molecule has 0 unspecified atom stereocenters. The van der Waals surface area contributed by atoms with Crippen molar-refractivity contribution < 1.29 is 61.2 Å². The van der Waals surface area contributed by atoms with Crippen LogP contribution < -0.4 is 24.8 Å². The van der Waals surface area contributed by atoms with Crippen molar-refractivity contribution in [1.29, 1.82) is 0 Å². The molecule has 0 aliphatic rings. The Hall–Kier alpha value is -0.497. The topological polar surface area (TPSA) is 40.5 Å². The summed E-state index contributed by atoms with van der Waals surface area (Å²) in [5.41, 5.74) is 2.34. The number of benzene rings is 2. The second-order valence-electron chi connectivity index (χ2n) is 3.67. The van der Waals surface area contributed by atoms with Gasteiger partial charge in [0.15, 0.2) is 0 Å². The predicted octanol–water partition coefficient (Wildman–Crippen LogP) is -2.59. The van der Waals surface area contributed by atoms with Crippen molar-refractivity contribution >= 4 is 0 Å². The van der Waals surface area contributed by atoms with E-state index in [0.717, 1.165) is 0 Å². The molecular formula is C14H16Cl2O2Zr. The molecule has 0 aliphatic carbocycles. The van der Waals surface area contributed by atoms with E-state index < -0.39 is 0 Å². The summed E-state index contributed by atoms with van der Waals surface area (Å²) < 4.78 is 0. The van der Waals surface area contributed by atoms with Crippen LogP contribution in [0.25, 0.3) is 0 Å². The van der Waals surface area contributed by atoms with Gasteiger partial charge in [-0.1, -0.05) is 35.4 Å². The van der Waals surface area contributed by atoms with Crippen molar-refractivity contribution in [3.63, 3.8) is 0 Å². The SMILES string of the molecule is Cc1ccc(O)cc1.Cc1ccc(O)cc1.[Cl-].[Cl-].[Zr+2]. The van der Waals surface area contributed by atoms with Gasteiger partial charge in [0.1, 0.15) is 11.5 Å². The maximum absolute atomic E-state index is 8.76. The summed E-state index contributed by atoms with van der Waals surface area (Å²) in [6, 6.07) is 14.2. The number of hydrogen-bond donors (Lipinski definition) is 2. The first kappa shape index (κ1) is 23.6. The van der Waals surface area contributed by atoms with Gasteiger partial charge >= 0.3 is 26.2 Å². The average Bonchev–Trinajstić information content (AvgIpc) is 2.28. The Balaban J connectivity index is -0.000000233. The molecule has 2 rings (SSSR count). The third-order valence-electron chi connectivity index (χ3n) is 2.07. The van der Waals surface area contributed by atoms with E-state index in [2.05, 4.69) is 0 Å². The fourth-order valence-electron chi connectivity index (χ4n) is 1.09. The Labute approximate surface area is 145 Å². The number of halogens is 2. The van der Waals surface area contributed by atoms with Crippen molar-refractivity contribution in [2.45, 2.75) is 13.8 Å². The zero-order valence-corrected chi connectivity index (χ0v) is 14.7. The molecule has 0 saturated carbocycles. The third-order valence-corrected chi connectivity index (χ3v) is 2.07. The molecule has 0 fully saturated rings. The maximum Gasteiger partial charge on any atom is 2.00 e. The van der Waals surface area contributed by atoms with Crippen molar-refractivity contribution in [2.75, 3.05) is 0 Å². The number of rotatable bonds is 0. The summed E-state index contributed by atoms with van der Waals surface area (Å²) >= 11 is 0. The van der Waals surface area contributed by atoms with E-state index in [0.29, 0.717) is 11.5 Å². The number of phenolic OH excluding ortho intramolecular Hbond substituents is 2. The molecule has 2 aromatic carbocycles. The minimum Gasteiger partial charge on any atom is -1.00 e. The molecule has 0 saturated heterocycles. The van der Waals surface area contributed by atoms with Gasteiger partial charge in [-0.05, 0) is 38.1 Å². The Morgan fingerprint density at radius 2 is 0.789 bits per heavy atom. The molecule has 102 valence electrons. The van der Waals surface area contributed by atoms with Crippen molar-refractivity contribution in [2.24, 2.45) is 0 Å². The van der Waals surface area contributed by atoms with Crippen LogP contribution in [0.3, 0.4) is 0 Å². The fraction of sp³-hybridized carbons (Fsp3) is 0.143. The van der Waals surface area contributed by atoms with Crippen LogP contribution in [0.1, 0.15) is 11.1 Å². The average molecular weight is 378 g/mol. The normalized spacial score (nSPS) is 7.68. The summed E-state index contributed by atoms with van der Waals surface area (Å²) in [5, 5.41) is 17.5. The maximum atomic E-state index is 8.76. The van der Waals surface area contributed by atoms with Crippen LogP contribution >= 0.6 is 0 Å². The van der Waals surface area contributed by atoms with E-state index in [1.165, 1.54) is 11.1 Å². The Morgan fingerprint density at radius 3 is 0.947 bits per heavy atom. The number of phenols is 2. The number of aryl methyl sites for hydroxylation is 2. The molecule has 2 nitrogen and oxygen atoms in total. The predicted molar refractivity (Wildman–Crippen MR) is 65.7 cm³/mol. The van der Waals surface area contributed by atoms with E-state index in [9.17, 15) is 0 Å². The molecule has 0 bridgehead atoms. The van der Waals surface area contributed by atoms with Gasteiger partial charge in [-0.25, -0.2) is 0 Å². The first-order chi connectivity index (χ1) is 7.58. The van der Waals surface area contributed by atoms with Gasteiger partial charge in [0.2, 0.25) is 0 Å². The van der Waals surface area contributed by atoms with Crippen LogP contribution in [0.5, 0.6) is 11.5 Å². The van der Waals surface area contributed by atoms with E-state index in [1.807, 2.05) is 38.1 Å². The molecule has 5 heteroatoms. The monoisotopic (exact) mass is 376 g/mol. The van der Waals surface area contributed by atoms with Crippen molar-refractivity contribution in [3.05, 3.63) is 59.7 Å². The molecule has 2 N–H and O–H groups in total.